The lowest BCUT2D eigenvalue weighted by Gasteiger charge is -2.27. The number of ether oxygens (including phenoxy) is 2. The molecule has 0 aromatic rings. The molecule has 0 bridgehead atoms. The molecular formula is C14H27NO4. The van der Waals surface area contributed by atoms with Crippen molar-refractivity contribution in [2.24, 2.45) is 0 Å². The summed E-state index contributed by atoms with van der Waals surface area (Å²) < 4.78 is 10.8. The standard InChI is InChI=1S/C14H27NO4/c1-13(2,18-4)7-9-19-10-8-14(3,12(16)17)15-11-5-6-11/h11,15H,5-10H2,1-4H3,(H,16,17). The first-order valence-electron chi connectivity index (χ1n) is 6.93. The van der Waals surface area contributed by atoms with Crippen LogP contribution in [0.3, 0.4) is 0 Å². The van der Waals surface area contributed by atoms with E-state index in [4.69, 9.17) is 9.47 Å². The number of carboxylic acid groups (broad SMARTS) is 1. The molecule has 1 aliphatic carbocycles. The molecule has 0 saturated heterocycles. The Morgan fingerprint density at radius 1 is 1.26 bits per heavy atom. The average molecular weight is 273 g/mol. The zero-order chi connectivity index (χ0) is 14.5. The lowest BCUT2D eigenvalue weighted by molar-refractivity contribution is -0.145. The van der Waals surface area contributed by atoms with Crippen LogP contribution in [0.25, 0.3) is 0 Å². The first kappa shape index (κ1) is 16.4. The summed E-state index contributed by atoms with van der Waals surface area (Å²) in [6.45, 7) is 6.77. The minimum Gasteiger partial charge on any atom is -0.480 e. The highest BCUT2D eigenvalue weighted by atomic mass is 16.5. The fourth-order valence-corrected chi connectivity index (χ4v) is 1.72. The molecule has 112 valence electrons. The number of hydrogen-bond acceptors (Lipinski definition) is 4. The van der Waals surface area contributed by atoms with E-state index in [9.17, 15) is 9.90 Å². The highest BCUT2D eigenvalue weighted by Gasteiger charge is 2.38. The van der Waals surface area contributed by atoms with Gasteiger partial charge in [0, 0.05) is 26.4 Å². The Morgan fingerprint density at radius 2 is 1.84 bits per heavy atom. The van der Waals surface area contributed by atoms with E-state index < -0.39 is 11.5 Å². The molecule has 0 radical (unpaired) electrons. The highest BCUT2D eigenvalue weighted by Crippen LogP contribution is 2.24. The van der Waals surface area contributed by atoms with Gasteiger partial charge in [0.1, 0.15) is 5.54 Å². The summed E-state index contributed by atoms with van der Waals surface area (Å²) in [5.41, 5.74) is -1.07. The lowest BCUT2D eigenvalue weighted by atomic mass is 9.98. The molecule has 0 heterocycles. The number of rotatable bonds is 10. The van der Waals surface area contributed by atoms with Crippen LogP contribution in [-0.2, 0) is 14.3 Å². The largest absolute Gasteiger partial charge is 0.480 e. The van der Waals surface area contributed by atoms with E-state index in [-0.39, 0.29) is 5.60 Å². The first-order chi connectivity index (χ1) is 8.79. The average Bonchev–Trinajstić information content (AvgIpc) is 3.12. The summed E-state index contributed by atoms with van der Waals surface area (Å²) in [5, 5.41) is 12.5. The SMILES string of the molecule is COC(C)(C)CCOCCC(C)(NC1CC1)C(=O)O. The van der Waals surface area contributed by atoms with E-state index in [1.165, 1.54) is 0 Å². The molecular weight excluding hydrogens is 246 g/mol. The Balaban J connectivity index is 2.23. The van der Waals surface area contributed by atoms with Crippen LogP contribution in [0.2, 0.25) is 0 Å². The summed E-state index contributed by atoms with van der Waals surface area (Å²) in [6, 6.07) is 0.369. The minimum absolute atomic E-state index is 0.192. The molecule has 0 spiro atoms. The van der Waals surface area contributed by atoms with Gasteiger partial charge in [-0.2, -0.15) is 0 Å². The fourth-order valence-electron chi connectivity index (χ4n) is 1.72. The molecule has 1 saturated carbocycles. The molecule has 0 amide bonds. The molecule has 1 rings (SSSR count). The first-order valence-corrected chi connectivity index (χ1v) is 6.93. The zero-order valence-corrected chi connectivity index (χ0v) is 12.5. The van der Waals surface area contributed by atoms with Gasteiger partial charge < -0.3 is 14.6 Å². The summed E-state index contributed by atoms with van der Waals surface area (Å²) in [6.07, 6.45) is 3.42. The van der Waals surface area contributed by atoms with Gasteiger partial charge in [0.25, 0.3) is 0 Å². The number of carboxylic acids is 1. The van der Waals surface area contributed by atoms with Crippen LogP contribution in [0.15, 0.2) is 0 Å². The summed E-state index contributed by atoms with van der Waals surface area (Å²) >= 11 is 0. The summed E-state index contributed by atoms with van der Waals surface area (Å²) in [4.78, 5) is 11.3. The van der Waals surface area contributed by atoms with Crippen LogP contribution in [-0.4, -0.2) is 48.6 Å². The minimum atomic E-state index is -0.877. The van der Waals surface area contributed by atoms with Gasteiger partial charge in [-0.25, -0.2) is 0 Å². The van der Waals surface area contributed by atoms with Crippen molar-refractivity contribution in [2.75, 3.05) is 20.3 Å². The Bertz CT molecular complexity index is 302. The third kappa shape index (κ3) is 5.89. The van der Waals surface area contributed by atoms with E-state index >= 15 is 0 Å². The number of carbonyl (C=O) groups is 1. The second kappa shape index (κ2) is 6.68. The second-order valence-corrected chi connectivity index (χ2v) is 6.13. The van der Waals surface area contributed by atoms with Crippen LogP contribution >= 0.6 is 0 Å². The molecule has 0 aromatic carbocycles. The van der Waals surface area contributed by atoms with Gasteiger partial charge >= 0.3 is 5.97 Å². The number of methoxy groups -OCH3 is 1. The molecule has 5 heteroatoms. The van der Waals surface area contributed by atoms with E-state index in [1.807, 2.05) is 13.8 Å². The number of aliphatic carboxylic acids is 1. The van der Waals surface area contributed by atoms with E-state index in [2.05, 4.69) is 5.32 Å². The third-order valence-corrected chi connectivity index (χ3v) is 3.72. The Kier molecular flexibility index (Phi) is 5.77. The normalized spacial score (nSPS) is 19.2. The molecule has 1 fully saturated rings. The van der Waals surface area contributed by atoms with Crippen molar-refractivity contribution in [1.82, 2.24) is 5.32 Å². The van der Waals surface area contributed by atoms with Gasteiger partial charge in [-0.05, 0) is 46.5 Å². The quantitative estimate of drug-likeness (QED) is 0.594. The van der Waals surface area contributed by atoms with Crippen molar-refractivity contribution in [1.29, 1.82) is 0 Å². The van der Waals surface area contributed by atoms with Crippen LogP contribution in [0, 0.1) is 0 Å². The van der Waals surface area contributed by atoms with Crippen LogP contribution in [0.5, 0.6) is 0 Å². The Morgan fingerprint density at radius 3 is 2.32 bits per heavy atom. The van der Waals surface area contributed by atoms with Crippen molar-refractivity contribution in [2.45, 2.75) is 63.6 Å². The zero-order valence-electron chi connectivity index (χ0n) is 12.5. The maximum absolute atomic E-state index is 11.3. The predicted octanol–water partition coefficient (Wildman–Crippen LogP) is 1.80. The topological polar surface area (TPSA) is 67.8 Å². The molecule has 0 aliphatic heterocycles. The fraction of sp³-hybridized carbons (Fsp3) is 0.929. The molecule has 1 atom stereocenters. The number of nitrogens with one attached hydrogen (secondary N) is 1. The molecule has 2 N–H and O–H groups in total. The van der Waals surface area contributed by atoms with Crippen LogP contribution in [0.4, 0.5) is 0 Å². The van der Waals surface area contributed by atoms with Crippen molar-refractivity contribution >= 4 is 5.97 Å². The Labute approximate surface area is 115 Å². The second-order valence-electron chi connectivity index (χ2n) is 6.13. The van der Waals surface area contributed by atoms with Gasteiger partial charge in [-0.1, -0.05) is 0 Å². The third-order valence-electron chi connectivity index (χ3n) is 3.72. The number of hydrogen-bond donors (Lipinski definition) is 2. The molecule has 1 unspecified atom stereocenters. The van der Waals surface area contributed by atoms with Gasteiger partial charge in [-0.15, -0.1) is 0 Å². The molecule has 0 aromatic heterocycles. The maximum Gasteiger partial charge on any atom is 0.323 e. The Hall–Kier alpha value is -0.650. The van der Waals surface area contributed by atoms with Gasteiger partial charge in [0.2, 0.25) is 0 Å². The van der Waals surface area contributed by atoms with E-state index in [1.54, 1.807) is 14.0 Å². The summed E-state index contributed by atoms with van der Waals surface area (Å²) in [5.74, 6) is -0.805. The van der Waals surface area contributed by atoms with Crippen molar-refractivity contribution in [3.8, 4) is 0 Å². The maximum atomic E-state index is 11.3. The monoisotopic (exact) mass is 273 g/mol. The molecule has 19 heavy (non-hydrogen) atoms. The van der Waals surface area contributed by atoms with Gasteiger partial charge in [-0.3, -0.25) is 10.1 Å². The van der Waals surface area contributed by atoms with Crippen molar-refractivity contribution < 1.29 is 19.4 Å². The highest BCUT2D eigenvalue weighted by molar-refractivity contribution is 5.78. The molecule has 1 aliphatic rings. The lowest BCUT2D eigenvalue weighted by Crippen LogP contribution is -2.51. The predicted molar refractivity (Wildman–Crippen MR) is 73.3 cm³/mol. The molecule has 5 nitrogen and oxygen atoms in total. The van der Waals surface area contributed by atoms with Gasteiger partial charge in [0.15, 0.2) is 0 Å². The van der Waals surface area contributed by atoms with Crippen LogP contribution in [0.1, 0.15) is 46.5 Å². The van der Waals surface area contributed by atoms with Crippen molar-refractivity contribution in [3.05, 3.63) is 0 Å². The summed E-state index contributed by atoms with van der Waals surface area (Å²) in [7, 11) is 1.68. The van der Waals surface area contributed by atoms with E-state index in [0.29, 0.717) is 25.7 Å². The van der Waals surface area contributed by atoms with E-state index in [0.717, 1.165) is 19.3 Å². The van der Waals surface area contributed by atoms with Crippen molar-refractivity contribution in [3.63, 3.8) is 0 Å². The van der Waals surface area contributed by atoms with Gasteiger partial charge in [0.05, 0.1) is 5.60 Å². The van der Waals surface area contributed by atoms with Crippen LogP contribution < -0.4 is 5.32 Å². The smallest absolute Gasteiger partial charge is 0.323 e.